The number of carbonyl (C=O) groups excluding carboxylic acids is 2. The molecule has 5 rings (SSSR count). The molecule has 10 nitrogen and oxygen atoms in total. The van der Waals surface area contributed by atoms with Crippen LogP contribution in [0.25, 0.3) is 11.1 Å². The smallest absolute Gasteiger partial charge is 0.305 e. The van der Waals surface area contributed by atoms with Gasteiger partial charge in [0.2, 0.25) is 6.79 Å². The Morgan fingerprint density at radius 1 is 0.911 bits per heavy atom. The number of aliphatic carboxylic acids is 1. The molecule has 10 heteroatoms. The lowest BCUT2D eigenvalue weighted by Crippen LogP contribution is -2.32. The molecule has 0 saturated carbocycles. The van der Waals surface area contributed by atoms with Crippen molar-refractivity contribution in [2.24, 2.45) is 0 Å². The highest BCUT2D eigenvalue weighted by Gasteiger charge is 2.20. The number of rotatable bonds is 13. The second-order valence-corrected chi connectivity index (χ2v) is 10.8. The van der Waals surface area contributed by atoms with Gasteiger partial charge in [-0.25, -0.2) is 0 Å². The number of fused-ring (bicyclic) bond motifs is 1. The van der Waals surface area contributed by atoms with Crippen molar-refractivity contribution in [1.29, 1.82) is 0 Å². The van der Waals surface area contributed by atoms with Gasteiger partial charge in [0.15, 0.2) is 11.5 Å². The van der Waals surface area contributed by atoms with Crippen LogP contribution < -0.4 is 19.7 Å². The van der Waals surface area contributed by atoms with Gasteiger partial charge >= 0.3 is 5.97 Å². The standard InChI is InChI=1S/C35H36N4O6/c1-3-4-16-38(2)30-12-10-26(19-29(30)37-34(42)27-11-13-31-32(20-27)45-23-44-31)25-8-5-7-24(18-25)22-39(17-14-33(40)41)35(43)28-9-6-15-36-21-28/h5-13,15,18-21H,3-4,14,16-17,22-23H2,1-2H3,(H,37,42)(H,40,41). The number of amides is 2. The molecule has 0 spiro atoms. The van der Waals surface area contributed by atoms with E-state index in [1.165, 1.54) is 11.1 Å². The number of pyridine rings is 1. The van der Waals surface area contributed by atoms with Crippen LogP contribution in [0.15, 0.2) is 85.2 Å². The zero-order valence-corrected chi connectivity index (χ0v) is 25.4. The number of anilines is 2. The number of nitrogens with zero attached hydrogens (tertiary/aromatic N) is 3. The lowest BCUT2D eigenvalue weighted by atomic mass is 10.0. The van der Waals surface area contributed by atoms with Gasteiger partial charge in [0.1, 0.15) is 0 Å². The number of benzene rings is 3. The summed E-state index contributed by atoms with van der Waals surface area (Å²) in [6, 6.07) is 22.2. The highest BCUT2D eigenvalue weighted by atomic mass is 16.7. The van der Waals surface area contributed by atoms with Crippen molar-refractivity contribution in [3.05, 3.63) is 102 Å². The van der Waals surface area contributed by atoms with E-state index < -0.39 is 5.97 Å². The third-order valence-corrected chi connectivity index (χ3v) is 7.56. The van der Waals surface area contributed by atoms with Gasteiger partial charge in [0, 0.05) is 44.6 Å². The fourth-order valence-electron chi connectivity index (χ4n) is 5.12. The topological polar surface area (TPSA) is 121 Å². The van der Waals surface area contributed by atoms with Crippen molar-refractivity contribution >= 4 is 29.2 Å². The number of hydrogen-bond acceptors (Lipinski definition) is 7. The molecule has 0 atom stereocenters. The number of unbranched alkanes of at least 4 members (excludes halogenated alkanes) is 1. The van der Waals surface area contributed by atoms with Crippen LogP contribution >= 0.6 is 0 Å². The zero-order chi connectivity index (χ0) is 31.8. The van der Waals surface area contributed by atoms with E-state index in [1.54, 1.807) is 36.5 Å². The Morgan fingerprint density at radius 3 is 2.51 bits per heavy atom. The maximum atomic E-state index is 13.4. The van der Waals surface area contributed by atoms with Gasteiger partial charge in [-0.15, -0.1) is 0 Å². The van der Waals surface area contributed by atoms with E-state index in [0.29, 0.717) is 28.3 Å². The first-order valence-electron chi connectivity index (χ1n) is 14.9. The largest absolute Gasteiger partial charge is 0.481 e. The lowest BCUT2D eigenvalue weighted by Gasteiger charge is -2.24. The maximum Gasteiger partial charge on any atom is 0.305 e. The lowest BCUT2D eigenvalue weighted by molar-refractivity contribution is -0.137. The summed E-state index contributed by atoms with van der Waals surface area (Å²) >= 11 is 0. The van der Waals surface area contributed by atoms with Crippen molar-refractivity contribution in [3.8, 4) is 22.6 Å². The number of ether oxygens (including phenoxy) is 2. The van der Waals surface area contributed by atoms with Crippen LogP contribution in [0.1, 0.15) is 52.5 Å². The minimum Gasteiger partial charge on any atom is -0.481 e. The average Bonchev–Trinajstić information content (AvgIpc) is 3.54. The van der Waals surface area contributed by atoms with Crippen LogP contribution in [0.4, 0.5) is 11.4 Å². The van der Waals surface area contributed by atoms with E-state index >= 15 is 0 Å². The van der Waals surface area contributed by atoms with E-state index in [-0.39, 0.29) is 38.1 Å². The molecule has 232 valence electrons. The molecule has 0 bridgehead atoms. The maximum absolute atomic E-state index is 13.4. The summed E-state index contributed by atoms with van der Waals surface area (Å²) in [4.78, 5) is 45.7. The second kappa shape index (κ2) is 14.4. The molecule has 1 aliphatic rings. The van der Waals surface area contributed by atoms with Gasteiger partial charge in [0.05, 0.1) is 23.4 Å². The average molecular weight is 609 g/mol. The quantitative estimate of drug-likeness (QED) is 0.187. The molecule has 45 heavy (non-hydrogen) atoms. The first-order valence-corrected chi connectivity index (χ1v) is 14.9. The van der Waals surface area contributed by atoms with Crippen molar-refractivity contribution in [2.75, 3.05) is 37.1 Å². The molecule has 2 amide bonds. The number of aromatic nitrogens is 1. The Bertz CT molecular complexity index is 1680. The van der Waals surface area contributed by atoms with Crippen LogP contribution in [-0.4, -0.2) is 59.7 Å². The molecule has 0 fully saturated rings. The molecule has 0 unspecified atom stereocenters. The van der Waals surface area contributed by atoms with Crippen molar-refractivity contribution < 1.29 is 29.0 Å². The molecule has 1 aliphatic heterocycles. The Morgan fingerprint density at radius 2 is 1.73 bits per heavy atom. The van der Waals surface area contributed by atoms with Gasteiger partial charge < -0.3 is 29.7 Å². The molecular formula is C35H36N4O6. The number of carboxylic acids is 1. The minimum absolute atomic E-state index is 0.0577. The monoisotopic (exact) mass is 608 g/mol. The van der Waals surface area contributed by atoms with Gasteiger partial charge in [-0.2, -0.15) is 0 Å². The van der Waals surface area contributed by atoms with Crippen molar-refractivity contribution in [2.45, 2.75) is 32.7 Å². The van der Waals surface area contributed by atoms with E-state index in [2.05, 4.69) is 22.1 Å². The van der Waals surface area contributed by atoms with Crippen LogP contribution in [-0.2, 0) is 11.3 Å². The minimum atomic E-state index is -0.980. The van der Waals surface area contributed by atoms with E-state index in [1.807, 2.05) is 49.5 Å². The SMILES string of the molecule is CCCCN(C)c1ccc(-c2cccc(CN(CCC(=O)O)C(=O)c3cccnc3)c2)cc1NC(=O)c1ccc2c(c1)OCO2. The van der Waals surface area contributed by atoms with Crippen molar-refractivity contribution in [1.82, 2.24) is 9.88 Å². The molecule has 2 N–H and O–H groups in total. The normalized spacial score (nSPS) is 11.6. The van der Waals surface area contributed by atoms with E-state index in [9.17, 15) is 19.5 Å². The predicted molar refractivity (Wildman–Crippen MR) is 172 cm³/mol. The second-order valence-electron chi connectivity index (χ2n) is 10.8. The third kappa shape index (κ3) is 7.77. The highest BCUT2D eigenvalue weighted by Crippen LogP contribution is 2.35. The Balaban J connectivity index is 1.42. The zero-order valence-electron chi connectivity index (χ0n) is 25.4. The predicted octanol–water partition coefficient (Wildman–Crippen LogP) is 6.08. The third-order valence-electron chi connectivity index (χ3n) is 7.56. The summed E-state index contributed by atoms with van der Waals surface area (Å²) in [5.41, 5.74) is 5.00. The molecule has 2 heterocycles. The fraction of sp³-hybridized carbons (Fsp3) is 0.257. The van der Waals surface area contributed by atoms with E-state index in [0.717, 1.165) is 41.8 Å². The summed E-state index contributed by atoms with van der Waals surface area (Å²) in [5, 5.41) is 12.4. The van der Waals surface area contributed by atoms with Crippen molar-refractivity contribution in [3.63, 3.8) is 0 Å². The molecule has 0 radical (unpaired) electrons. The van der Waals surface area contributed by atoms with Crippen LogP contribution in [0.5, 0.6) is 11.5 Å². The number of carboxylic acid groups (broad SMARTS) is 1. The molecule has 4 aromatic rings. The highest BCUT2D eigenvalue weighted by molar-refractivity contribution is 6.06. The Hall–Kier alpha value is -5.38. The fourth-order valence-corrected chi connectivity index (χ4v) is 5.12. The first-order chi connectivity index (χ1) is 21.8. The van der Waals surface area contributed by atoms with Gasteiger partial charge in [0.25, 0.3) is 11.8 Å². The summed E-state index contributed by atoms with van der Waals surface area (Å²) in [7, 11) is 2.01. The van der Waals surface area contributed by atoms with Gasteiger partial charge in [-0.1, -0.05) is 37.6 Å². The Kier molecular flexibility index (Phi) is 9.93. The summed E-state index contributed by atoms with van der Waals surface area (Å²) < 4.78 is 10.8. The number of nitrogens with one attached hydrogen (secondary N) is 1. The van der Waals surface area contributed by atoms with Crippen LogP contribution in [0.3, 0.4) is 0 Å². The molecule has 0 aliphatic carbocycles. The van der Waals surface area contributed by atoms with Crippen LogP contribution in [0.2, 0.25) is 0 Å². The number of carbonyl (C=O) groups is 3. The molecule has 1 aromatic heterocycles. The summed E-state index contributed by atoms with van der Waals surface area (Å²) in [6.07, 6.45) is 4.93. The summed E-state index contributed by atoms with van der Waals surface area (Å²) in [5.74, 6) is -0.396. The summed E-state index contributed by atoms with van der Waals surface area (Å²) in [6.45, 7) is 3.38. The van der Waals surface area contributed by atoms with Crippen LogP contribution in [0, 0.1) is 0 Å². The molecule has 0 saturated heterocycles. The van der Waals surface area contributed by atoms with E-state index in [4.69, 9.17) is 9.47 Å². The number of hydrogen-bond donors (Lipinski definition) is 2. The van der Waals surface area contributed by atoms with Gasteiger partial charge in [-0.05, 0) is 71.6 Å². The Labute approximate surface area is 262 Å². The van der Waals surface area contributed by atoms with Gasteiger partial charge in [-0.3, -0.25) is 19.4 Å². The first kappa shape index (κ1) is 31.1. The molecular weight excluding hydrogens is 572 g/mol. The molecule has 3 aromatic carbocycles.